The van der Waals surface area contributed by atoms with E-state index in [4.69, 9.17) is 16.7 Å². The Hall–Kier alpha value is -1.61. The molecule has 2 aromatic rings. The maximum atomic E-state index is 9.15. The highest BCUT2D eigenvalue weighted by molar-refractivity contribution is 6.29. The lowest BCUT2D eigenvalue weighted by Gasteiger charge is -2.02. The van der Waals surface area contributed by atoms with Crippen LogP contribution in [0.4, 0.5) is 0 Å². The van der Waals surface area contributed by atoms with Gasteiger partial charge in [-0.25, -0.2) is 9.97 Å². The Bertz CT molecular complexity index is 462. The lowest BCUT2D eigenvalue weighted by molar-refractivity contribution is 0.475. The first-order chi connectivity index (χ1) is 7.15. The average molecular weight is 221 g/mol. The number of benzene rings is 1. The average Bonchev–Trinajstić information content (AvgIpc) is 2.17. The molecule has 0 spiro atoms. The summed E-state index contributed by atoms with van der Waals surface area (Å²) in [6, 6.07) is 8.39. The van der Waals surface area contributed by atoms with Crippen molar-refractivity contribution in [2.45, 2.75) is 6.92 Å². The molecule has 0 radical (unpaired) electrons. The van der Waals surface area contributed by atoms with Crippen LogP contribution in [0, 0.1) is 6.92 Å². The molecule has 2 rings (SSSR count). The van der Waals surface area contributed by atoms with Crippen LogP contribution in [0.1, 0.15) is 5.69 Å². The highest BCUT2D eigenvalue weighted by Crippen LogP contribution is 2.20. The third kappa shape index (κ3) is 2.25. The monoisotopic (exact) mass is 220 g/mol. The summed E-state index contributed by atoms with van der Waals surface area (Å²) in [6.45, 7) is 1.86. The first-order valence-corrected chi connectivity index (χ1v) is 4.83. The van der Waals surface area contributed by atoms with Crippen molar-refractivity contribution in [3.8, 4) is 17.1 Å². The van der Waals surface area contributed by atoms with Crippen molar-refractivity contribution in [3.63, 3.8) is 0 Å². The fourth-order valence-corrected chi connectivity index (χ4v) is 1.51. The first kappa shape index (κ1) is 9.93. The van der Waals surface area contributed by atoms with E-state index in [0.717, 1.165) is 11.3 Å². The SMILES string of the molecule is Cc1cc(Cl)nc(-c2ccc(O)cc2)n1. The molecule has 1 heterocycles. The smallest absolute Gasteiger partial charge is 0.161 e. The third-order valence-electron chi connectivity index (χ3n) is 1.95. The number of halogens is 1. The Balaban J connectivity index is 2.49. The zero-order chi connectivity index (χ0) is 10.8. The number of phenolic OH excluding ortho intramolecular Hbond substituents is 1. The van der Waals surface area contributed by atoms with Crippen molar-refractivity contribution >= 4 is 11.6 Å². The fourth-order valence-electron chi connectivity index (χ4n) is 1.27. The largest absolute Gasteiger partial charge is 0.508 e. The van der Waals surface area contributed by atoms with E-state index in [1.54, 1.807) is 30.3 Å². The molecule has 76 valence electrons. The van der Waals surface area contributed by atoms with Crippen LogP contribution in [-0.4, -0.2) is 15.1 Å². The van der Waals surface area contributed by atoms with Gasteiger partial charge in [0.05, 0.1) is 0 Å². The van der Waals surface area contributed by atoms with Crippen LogP contribution in [0.2, 0.25) is 5.15 Å². The summed E-state index contributed by atoms with van der Waals surface area (Å²) in [5, 5.41) is 9.57. The second kappa shape index (κ2) is 3.87. The van der Waals surface area contributed by atoms with Gasteiger partial charge in [0.2, 0.25) is 0 Å². The number of phenols is 1. The molecular formula is C11H9ClN2O. The van der Waals surface area contributed by atoms with Gasteiger partial charge in [-0.1, -0.05) is 11.6 Å². The van der Waals surface area contributed by atoms with Crippen LogP contribution in [0.3, 0.4) is 0 Å². The molecule has 0 aliphatic heterocycles. The number of rotatable bonds is 1. The van der Waals surface area contributed by atoms with Crippen molar-refractivity contribution in [1.82, 2.24) is 9.97 Å². The topological polar surface area (TPSA) is 46.0 Å². The maximum absolute atomic E-state index is 9.15. The molecule has 0 amide bonds. The number of hydrogen-bond acceptors (Lipinski definition) is 3. The van der Waals surface area contributed by atoms with Crippen molar-refractivity contribution in [1.29, 1.82) is 0 Å². The van der Waals surface area contributed by atoms with Crippen LogP contribution in [-0.2, 0) is 0 Å². The van der Waals surface area contributed by atoms with Crippen molar-refractivity contribution in [2.75, 3.05) is 0 Å². The third-order valence-corrected chi connectivity index (χ3v) is 2.14. The van der Waals surface area contributed by atoms with Gasteiger partial charge in [0.25, 0.3) is 0 Å². The van der Waals surface area contributed by atoms with Gasteiger partial charge >= 0.3 is 0 Å². The molecule has 0 aliphatic carbocycles. The molecule has 4 heteroatoms. The molecule has 0 unspecified atom stereocenters. The molecule has 3 nitrogen and oxygen atoms in total. The molecule has 0 saturated heterocycles. The zero-order valence-electron chi connectivity index (χ0n) is 8.11. The predicted octanol–water partition coefficient (Wildman–Crippen LogP) is 2.81. The number of aromatic nitrogens is 2. The van der Waals surface area contributed by atoms with E-state index in [0.29, 0.717) is 11.0 Å². The first-order valence-electron chi connectivity index (χ1n) is 4.46. The van der Waals surface area contributed by atoms with E-state index in [-0.39, 0.29) is 5.75 Å². The van der Waals surface area contributed by atoms with Crippen LogP contribution in [0.5, 0.6) is 5.75 Å². The molecule has 0 bridgehead atoms. The number of aryl methyl sites for hydroxylation is 1. The van der Waals surface area contributed by atoms with Crippen LogP contribution in [0.15, 0.2) is 30.3 Å². The van der Waals surface area contributed by atoms with Gasteiger partial charge in [0.1, 0.15) is 10.9 Å². The molecule has 0 saturated carbocycles. The van der Waals surface area contributed by atoms with Crippen molar-refractivity contribution < 1.29 is 5.11 Å². The minimum atomic E-state index is 0.220. The highest BCUT2D eigenvalue weighted by atomic mass is 35.5. The number of nitrogens with zero attached hydrogens (tertiary/aromatic N) is 2. The Morgan fingerprint density at radius 1 is 1.13 bits per heavy atom. The Morgan fingerprint density at radius 2 is 1.80 bits per heavy atom. The van der Waals surface area contributed by atoms with Crippen molar-refractivity contribution in [3.05, 3.63) is 41.2 Å². The van der Waals surface area contributed by atoms with E-state index < -0.39 is 0 Å². The molecule has 15 heavy (non-hydrogen) atoms. The summed E-state index contributed by atoms with van der Waals surface area (Å²) in [5.74, 6) is 0.789. The molecule has 1 N–H and O–H groups in total. The summed E-state index contributed by atoms with van der Waals surface area (Å²) in [5.41, 5.74) is 1.65. The van der Waals surface area contributed by atoms with E-state index in [1.165, 1.54) is 0 Å². The summed E-state index contributed by atoms with van der Waals surface area (Å²) >= 11 is 5.83. The highest BCUT2D eigenvalue weighted by Gasteiger charge is 2.03. The zero-order valence-corrected chi connectivity index (χ0v) is 8.86. The summed E-state index contributed by atoms with van der Waals surface area (Å²) in [6.07, 6.45) is 0. The van der Waals surface area contributed by atoms with Gasteiger partial charge in [-0.3, -0.25) is 0 Å². The van der Waals surface area contributed by atoms with Gasteiger partial charge in [0, 0.05) is 11.3 Å². The van der Waals surface area contributed by atoms with E-state index in [2.05, 4.69) is 9.97 Å². The lowest BCUT2D eigenvalue weighted by atomic mass is 10.2. The summed E-state index contributed by atoms with van der Waals surface area (Å²) in [7, 11) is 0. The number of aromatic hydroxyl groups is 1. The maximum Gasteiger partial charge on any atom is 0.161 e. The predicted molar refractivity (Wildman–Crippen MR) is 58.9 cm³/mol. The Morgan fingerprint density at radius 3 is 2.40 bits per heavy atom. The molecule has 0 atom stereocenters. The fraction of sp³-hybridized carbons (Fsp3) is 0.0909. The van der Waals surface area contributed by atoms with Gasteiger partial charge in [-0.2, -0.15) is 0 Å². The van der Waals surface area contributed by atoms with Crippen LogP contribution in [0.25, 0.3) is 11.4 Å². The van der Waals surface area contributed by atoms with Gasteiger partial charge < -0.3 is 5.11 Å². The van der Waals surface area contributed by atoms with Gasteiger partial charge in [-0.05, 0) is 37.3 Å². The van der Waals surface area contributed by atoms with E-state index >= 15 is 0 Å². The molecule has 1 aromatic carbocycles. The molecule has 0 aliphatic rings. The second-order valence-electron chi connectivity index (χ2n) is 3.20. The summed E-state index contributed by atoms with van der Waals surface area (Å²) < 4.78 is 0. The van der Waals surface area contributed by atoms with Gasteiger partial charge in [0.15, 0.2) is 5.82 Å². The van der Waals surface area contributed by atoms with Crippen LogP contribution < -0.4 is 0 Å². The number of hydrogen-bond donors (Lipinski definition) is 1. The minimum absolute atomic E-state index is 0.220. The molecule has 1 aromatic heterocycles. The van der Waals surface area contributed by atoms with Gasteiger partial charge in [-0.15, -0.1) is 0 Å². The van der Waals surface area contributed by atoms with Crippen molar-refractivity contribution in [2.24, 2.45) is 0 Å². The normalized spacial score (nSPS) is 10.3. The van der Waals surface area contributed by atoms with Crippen LogP contribution >= 0.6 is 11.6 Å². The Kier molecular flexibility index (Phi) is 2.56. The Labute approximate surface area is 92.4 Å². The lowest BCUT2D eigenvalue weighted by Crippen LogP contribution is -1.91. The molecular weight excluding hydrogens is 212 g/mol. The standard InChI is InChI=1S/C11H9ClN2O/c1-7-6-10(12)14-11(13-7)8-2-4-9(15)5-3-8/h2-6,15H,1H3. The second-order valence-corrected chi connectivity index (χ2v) is 3.59. The van der Waals surface area contributed by atoms with E-state index in [9.17, 15) is 0 Å². The summed E-state index contributed by atoms with van der Waals surface area (Å²) in [4.78, 5) is 8.36. The minimum Gasteiger partial charge on any atom is -0.508 e. The molecule has 0 fully saturated rings. The quantitative estimate of drug-likeness (QED) is 0.752. The van der Waals surface area contributed by atoms with E-state index in [1.807, 2.05) is 6.92 Å².